The maximum absolute atomic E-state index is 12.1. The van der Waals surface area contributed by atoms with Crippen LogP contribution in [-0.4, -0.2) is 27.0 Å². The number of nitrogens with one attached hydrogen (secondary N) is 2. The van der Waals surface area contributed by atoms with Crippen molar-refractivity contribution < 1.29 is 17.9 Å². The maximum atomic E-state index is 12.1. The van der Waals surface area contributed by atoms with Crippen LogP contribution in [0.1, 0.15) is 12.0 Å². The molecule has 1 heterocycles. The summed E-state index contributed by atoms with van der Waals surface area (Å²) in [5.41, 5.74) is 1.25. The standard InChI is InChI=1S/C17H17ClN2O4S/c18-13-7-5-12(6-8-13)11-25(22,23)19-10-9-16-17(21)20-14-3-1-2-4-15(14)24-16/h1-8,16,19H,9-11H2,(H,20,21). The van der Waals surface area contributed by atoms with E-state index in [2.05, 4.69) is 10.0 Å². The highest BCUT2D eigenvalue weighted by atomic mass is 35.5. The van der Waals surface area contributed by atoms with Gasteiger partial charge in [0.1, 0.15) is 5.75 Å². The first-order valence-corrected chi connectivity index (χ1v) is 9.74. The molecule has 0 saturated heterocycles. The first-order chi connectivity index (χ1) is 11.9. The van der Waals surface area contributed by atoms with Crippen LogP contribution >= 0.6 is 11.6 Å². The van der Waals surface area contributed by atoms with Crippen molar-refractivity contribution in [3.8, 4) is 5.75 Å². The Hall–Kier alpha value is -2.09. The molecular weight excluding hydrogens is 364 g/mol. The fraction of sp³-hybridized carbons (Fsp3) is 0.235. The molecule has 132 valence electrons. The number of benzene rings is 2. The van der Waals surface area contributed by atoms with Gasteiger partial charge in [0.05, 0.1) is 11.4 Å². The molecule has 1 aliphatic rings. The molecule has 1 amide bonds. The van der Waals surface area contributed by atoms with Crippen molar-refractivity contribution >= 4 is 33.2 Å². The highest BCUT2D eigenvalue weighted by molar-refractivity contribution is 7.88. The number of sulfonamides is 1. The number of hydrogen-bond acceptors (Lipinski definition) is 4. The molecule has 0 aliphatic carbocycles. The zero-order valence-electron chi connectivity index (χ0n) is 13.2. The second-order valence-corrected chi connectivity index (χ2v) is 7.90. The summed E-state index contributed by atoms with van der Waals surface area (Å²) in [5.74, 6) is 0.150. The average molecular weight is 381 g/mol. The van der Waals surface area contributed by atoms with E-state index in [-0.39, 0.29) is 24.6 Å². The van der Waals surface area contributed by atoms with Crippen molar-refractivity contribution in [3.63, 3.8) is 0 Å². The first kappa shape index (κ1) is 17.7. The molecule has 8 heteroatoms. The summed E-state index contributed by atoms with van der Waals surface area (Å²) >= 11 is 5.79. The van der Waals surface area contributed by atoms with E-state index in [0.717, 1.165) is 0 Å². The van der Waals surface area contributed by atoms with Gasteiger partial charge in [-0.15, -0.1) is 0 Å². The highest BCUT2D eigenvalue weighted by Crippen LogP contribution is 2.29. The van der Waals surface area contributed by atoms with Crippen LogP contribution in [0.15, 0.2) is 48.5 Å². The monoisotopic (exact) mass is 380 g/mol. The molecule has 1 aliphatic heterocycles. The Labute approximate surface area is 151 Å². The summed E-state index contributed by atoms with van der Waals surface area (Å²) < 4.78 is 32.4. The Morgan fingerprint density at radius 3 is 2.60 bits per heavy atom. The van der Waals surface area contributed by atoms with Gasteiger partial charge in [-0.3, -0.25) is 4.79 Å². The zero-order chi connectivity index (χ0) is 17.9. The Balaban J connectivity index is 1.53. The van der Waals surface area contributed by atoms with Crippen LogP contribution in [0.25, 0.3) is 0 Å². The van der Waals surface area contributed by atoms with Crippen LogP contribution in [0.5, 0.6) is 5.75 Å². The maximum Gasteiger partial charge on any atom is 0.265 e. The van der Waals surface area contributed by atoms with Gasteiger partial charge in [0.15, 0.2) is 6.10 Å². The SMILES string of the molecule is O=C1Nc2ccccc2OC1CCNS(=O)(=O)Cc1ccc(Cl)cc1. The van der Waals surface area contributed by atoms with E-state index in [4.69, 9.17) is 16.3 Å². The van der Waals surface area contributed by atoms with E-state index in [0.29, 0.717) is 22.0 Å². The quantitative estimate of drug-likeness (QED) is 0.806. The van der Waals surface area contributed by atoms with E-state index in [1.165, 1.54) is 0 Å². The van der Waals surface area contributed by atoms with E-state index in [9.17, 15) is 13.2 Å². The van der Waals surface area contributed by atoms with Gasteiger partial charge >= 0.3 is 0 Å². The van der Waals surface area contributed by atoms with Gasteiger partial charge in [-0.1, -0.05) is 35.9 Å². The van der Waals surface area contributed by atoms with E-state index in [1.807, 2.05) is 6.07 Å². The first-order valence-electron chi connectivity index (χ1n) is 7.71. The van der Waals surface area contributed by atoms with Crippen molar-refractivity contribution in [1.29, 1.82) is 0 Å². The lowest BCUT2D eigenvalue weighted by atomic mass is 10.2. The summed E-state index contributed by atoms with van der Waals surface area (Å²) in [6, 6.07) is 13.7. The molecule has 0 saturated carbocycles. The van der Waals surface area contributed by atoms with Crippen LogP contribution < -0.4 is 14.8 Å². The molecule has 2 aromatic carbocycles. The minimum atomic E-state index is -3.51. The average Bonchev–Trinajstić information content (AvgIpc) is 2.57. The Morgan fingerprint density at radius 2 is 1.84 bits per heavy atom. The molecule has 1 atom stereocenters. The molecule has 25 heavy (non-hydrogen) atoms. The van der Waals surface area contributed by atoms with Crippen molar-refractivity contribution in [2.24, 2.45) is 0 Å². The summed E-state index contributed by atoms with van der Waals surface area (Å²) in [4.78, 5) is 12.0. The van der Waals surface area contributed by atoms with Gasteiger partial charge < -0.3 is 10.1 Å². The van der Waals surface area contributed by atoms with Crippen molar-refractivity contribution in [2.45, 2.75) is 18.3 Å². The van der Waals surface area contributed by atoms with Gasteiger partial charge in [-0.05, 0) is 29.8 Å². The van der Waals surface area contributed by atoms with Crippen LogP contribution in [0.2, 0.25) is 5.02 Å². The smallest absolute Gasteiger partial charge is 0.265 e. The number of para-hydroxylation sites is 2. The number of amides is 1. The molecule has 3 rings (SSSR count). The minimum absolute atomic E-state index is 0.107. The second-order valence-electron chi connectivity index (χ2n) is 5.66. The van der Waals surface area contributed by atoms with Crippen molar-refractivity contribution in [2.75, 3.05) is 11.9 Å². The fourth-order valence-corrected chi connectivity index (χ4v) is 3.77. The molecule has 0 spiro atoms. The van der Waals surface area contributed by atoms with Gasteiger partial charge in [0.2, 0.25) is 10.0 Å². The molecule has 6 nitrogen and oxygen atoms in total. The molecule has 2 N–H and O–H groups in total. The van der Waals surface area contributed by atoms with Gasteiger partial charge in [0.25, 0.3) is 5.91 Å². The molecule has 0 bridgehead atoms. The summed E-state index contributed by atoms with van der Waals surface area (Å²) in [7, 11) is -3.51. The number of anilines is 1. The van der Waals surface area contributed by atoms with Crippen molar-refractivity contribution in [1.82, 2.24) is 4.72 Å². The van der Waals surface area contributed by atoms with Crippen LogP contribution in [0.4, 0.5) is 5.69 Å². The van der Waals surface area contributed by atoms with Gasteiger partial charge in [-0.25, -0.2) is 13.1 Å². The lowest BCUT2D eigenvalue weighted by molar-refractivity contribution is -0.123. The summed E-state index contributed by atoms with van der Waals surface area (Å²) in [6.45, 7) is 0.107. The number of fused-ring (bicyclic) bond motifs is 1. The molecular formula is C17H17ClN2O4S. The number of rotatable bonds is 6. The van der Waals surface area contributed by atoms with E-state index in [1.54, 1.807) is 42.5 Å². The van der Waals surface area contributed by atoms with Gasteiger partial charge in [-0.2, -0.15) is 0 Å². The lowest BCUT2D eigenvalue weighted by Gasteiger charge is -2.25. The van der Waals surface area contributed by atoms with Gasteiger partial charge in [0, 0.05) is 18.0 Å². The van der Waals surface area contributed by atoms with Crippen LogP contribution in [0.3, 0.4) is 0 Å². The lowest BCUT2D eigenvalue weighted by Crippen LogP contribution is -2.39. The van der Waals surface area contributed by atoms with Crippen molar-refractivity contribution in [3.05, 3.63) is 59.1 Å². The minimum Gasteiger partial charge on any atom is -0.478 e. The third kappa shape index (κ3) is 4.72. The molecule has 0 fully saturated rings. The summed E-state index contributed by atoms with van der Waals surface area (Å²) in [5, 5.41) is 3.30. The topological polar surface area (TPSA) is 84.5 Å². The van der Waals surface area contributed by atoms with E-state index >= 15 is 0 Å². The molecule has 0 radical (unpaired) electrons. The third-order valence-electron chi connectivity index (χ3n) is 3.71. The predicted molar refractivity (Wildman–Crippen MR) is 96.2 cm³/mol. The second kappa shape index (κ2) is 7.43. The summed E-state index contributed by atoms with van der Waals surface area (Å²) in [6.07, 6.45) is -0.492. The molecule has 0 aromatic heterocycles. The number of halogens is 1. The predicted octanol–water partition coefficient (Wildman–Crippen LogP) is 2.55. The van der Waals surface area contributed by atoms with Crippen LogP contribution in [-0.2, 0) is 20.6 Å². The largest absolute Gasteiger partial charge is 0.478 e. The Bertz CT molecular complexity index is 868. The molecule has 1 unspecified atom stereocenters. The Kier molecular flexibility index (Phi) is 5.27. The highest BCUT2D eigenvalue weighted by Gasteiger charge is 2.27. The van der Waals surface area contributed by atoms with E-state index < -0.39 is 16.1 Å². The third-order valence-corrected chi connectivity index (χ3v) is 5.31. The number of hydrogen-bond donors (Lipinski definition) is 2. The van der Waals surface area contributed by atoms with Crippen LogP contribution in [0, 0.1) is 0 Å². The number of carbonyl (C=O) groups is 1. The number of carbonyl (C=O) groups excluding carboxylic acids is 1. The zero-order valence-corrected chi connectivity index (χ0v) is 14.8. The molecule has 2 aromatic rings. The number of ether oxygens (including phenoxy) is 1. The normalized spacial score (nSPS) is 16.7. The fourth-order valence-electron chi connectivity index (χ4n) is 2.48. The Morgan fingerprint density at radius 1 is 1.12 bits per heavy atom.